The summed E-state index contributed by atoms with van der Waals surface area (Å²) in [7, 11) is 0. The Morgan fingerprint density at radius 2 is 1.83 bits per heavy atom. The van der Waals surface area contributed by atoms with E-state index >= 15 is 0 Å². The number of benzene rings is 2. The predicted octanol–water partition coefficient (Wildman–Crippen LogP) is 3.59. The number of nitrogens with one attached hydrogen (secondary N) is 1. The van der Waals surface area contributed by atoms with E-state index in [4.69, 9.17) is 5.26 Å². The van der Waals surface area contributed by atoms with Gasteiger partial charge in [-0.15, -0.1) is 12.4 Å². The molecular weight excluding hydrogens is 340 g/mol. The Morgan fingerprint density at radius 1 is 1.08 bits per heavy atom. The third kappa shape index (κ3) is 5.27. The third-order valence-corrected chi connectivity index (χ3v) is 4.60. The summed E-state index contributed by atoms with van der Waals surface area (Å²) < 4.78 is 0. The molecule has 0 bridgehead atoms. The first-order valence-electron chi connectivity index (χ1n) is 7.50. The second-order valence-corrected chi connectivity index (χ2v) is 6.32. The predicted molar refractivity (Wildman–Crippen MR) is 102 cm³/mol. The lowest BCUT2D eigenvalue weighted by Gasteiger charge is -2.26. The summed E-state index contributed by atoms with van der Waals surface area (Å²) in [4.78, 5) is 6.86. The summed E-state index contributed by atoms with van der Waals surface area (Å²) in [6.07, 6.45) is 0. The van der Waals surface area contributed by atoms with Gasteiger partial charge >= 0.3 is 0 Å². The van der Waals surface area contributed by atoms with Gasteiger partial charge < -0.3 is 5.32 Å². The van der Waals surface area contributed by atoms with Crippen molar-refractivity contribution in [3.63, 3.8) is 0 Å². The van der Waals surface area contributed by atoms with Crippen molar-refractivity contribution in [1.82, 2.24) is 10.2 Å². The summed E-state index contributed by atoms with van der Waals surface area (Å²) in [5.41, 5.74) is 3.20. The highest BCUT2D eigenvalue weighted by molar-refractivity contribution is 8.13. The molecule has 0 radical (unpaired) electrons. The molecule has 124 valence electrons. The molecule has 0 spiro atoms. The van der Waals surface area contributed by atoms with Crippen molar-refractivity contribution in [2.24, 2.45) is 4.99 Å². The molecule has 4 nitrogen and oxygen atoms in total. The molecule has 1 N–H and O–H groups in total. The zero-order chi connectivity index (χ0) is 15.9. The Bertz CT molecular complexity index is 710. The quantitative estimate of drug-likeness (QED) is 0.907. The zero-order valence-corrected chi connectivity index (χ0v) is 14.8. The molecular formula is C18H19ClN4S. The van der Waals surface area contributed by atoms with Crippen LogP contribution in [0.1, 0.15) is 16.7 Å². The maximum Gasteiger partial charge on any atom is 0.159 e. The van der Waals surface area contributed by atoms with Crippen molar-refractivity contribution in [2.75, 3.05) is 13.3 Å². The maximum absolute atomic E-state index is 8.80. The van der Waals surface area contributed by atoms with Gasteiger partial charge in [-0.2, -0.15) is 5.26 Å². The van der Waals surface area contributed by atoms with Crippen molar-refractivity contribution < 1.29 is 0 Å². The van der Waals surface area contributed by atoms with Gasteiger partial charge in [0.05, 0.1) is 25.0 Å². The van der Waals surface area contributed by atoms with E-state index in [1.807, 2.05) is 30.3 Å². The molecule has 6 heteroatoms. The van der Waals surface area contributed by atoms with E-state index in [1.54, 1.807) is 11.8 Å². The van der Waals surface area contributed by atoms with Crippen molar-refractivity contribution in [3.05, 3.63) is 71.3 Å². The fraction of sp³-hybridized carbons (Fsp3) is 0.222. The zero-order valence-electron chi connectivity index (χ0n) is 13.2. The minimum Gasteiger partial charge on any atom is -0.352 e. The standard InChI is InChI=1S/C18H18N4S.ClH/c19-10-15-6-8-17(9-7-15)12-23-18-20-13-22(14-21-18)11-16-4-2-1-3-5-16;/h1-9H,11-14H2,(H,20,21);1H. The maximum atomic E-state index is 8.80. The van der Waals surface area contributed by atoms with Gasteiger partial charge in [-0.05, 0) is 23.3 Å². The average Bonchev–Trinajstić information content (AvgIpc) is 2.62. The molecule has 0 saturated heterocycles. The van der Waals surface area contributed by atoms with Crippen LogP contribution in [0.2, 0.25) is 0 Å². The van der Waals surface area contributed by atoms with E-state index in [0.717, 1.165) is 30.8 Å². The second-order valence-electron chi connectivity index (χ2n) is 5.35. The number of halogens is 1. The van der Waals surface area contributed by atoms with E-state index in [1.165, 1.54) is 11.1 Å². The van der Waals surface area contributed by atoms with Crippen LogP contribution in [0.3, 0.4) is 0 Å². The fourth-order valence-corrected chi connectivity index (χ4v) is 3.13. The Hall–Kier alpha value is -2.00. The molecule has 1 aliphatic heterocycles. The van der Waals surface area contributed by atoms with Crippen LogP contribution in [0.5, 0.6) is 0 Å². The lowest BCUT2D eigenvalue weighted by molar-refractivity contribution is 0.258. The van der Waals surface area contributed by atoms with Crippen LogP contribution in [0.15, 0.2) is 59.6 Å². The van der Waals surface area contributed by atoms with Gasteiger partial charge in [-0.1, -0.05) is 54.2 Å². The molecule has 1 aliphatic rings. The molecule has 0 unspecified atom stereocenters. The molecule has 0 atom stereocenters. The highest BCUT2D eigenvalue weighted by Crippen LogP contribution is 2.16. The minimum absolute atomic E-state index is 0. The summed E-state index contributed by atoms with van der Waals surface area (Å²) in [5, 5.41) is 13.2. The summed E-state index contributed by atoms with van der Waals surface area (Å²) in [6.45, 7) is 2.44. The number of nitrogens with zero attached hydrogens (tertiary/aromatic N) is 3. The van der Waals surface area contributed by atoms with Crippen LogP contribution in [-0.2, 0) is 12.3 Å². The van der Waals surface area contributed by atoms with Gasteiger partial charge in [-0.3, -0.25) is 4.90 Å². The molecule has 0 fully saturated rings. The number of thioether (sulfide) groups is 1. The van der Waals surface area contributed by atoms with Crippen LogP contribution in [0.4, 0.5) is 0 Å². The van der Waals surface area contributed by atoms with Crippen molar-refractivity contribution in [2.45, 2.75) is 12.3 Å². The summed E-state index contributed by atoms with van der Waals surface area (Å²) >= 11 is 1.70. The Morgan fingerprint density at radius 3 is 2.46 bits per heavy atom. The second kappa shape index (κ2) is 9.33. The van der Waals surface area contributed by atoms with Gasteiger partial charge in [0.1, 0.15) is 0 Å². The first kappa shape index (κ1) is 18.3. The van der Waals surface area contributed by atoms with Gasteiger partial charge in [0.2, 0.25) is 0 Å². The summed E-state index contributed by atoms with van der Waals surface area (Å²) in [5.74, 6) is 0.857. The number of hydrogen-bond acceptors (Lipinski definition) is 5. The van der Waals surface area contributed by atoms with Crippen molar-refractivity contribution >= 4 is 29.3 Å². The largest absolute Gasteiger partial charge is 0.352 e. The SMILES string of the molecule is Cl.N#Cc1ccc(CSC2=NCN(Cc3ccccc3)CN2)cc1. The highest BCUT2D eigenvalue weighted by Gasteiger charge is 2.12. The van der Waals surface area contributed by atoms with Crippen LogP contribution in [-0.4, -0.2) is 23.4 Å². The monoisotopic (exact) mass is 358 g/mol. The van der Waals surface area contributed by atoms with Gasteiger partial charge in [-0.25, -0.2) is 4.99 Å². The number of rotatable bonds is 4. The van der Waals surface area contributed by atoms with Crippen LogP contribution < -0.4 is 5.32 Å². The average molecular weight is 359 g/mol. The van der Waals surface area contributed by atoms with Crippen molar-refractivity contribution in [1.29, 1.82) is 5.26 Å². The number of hydrogen-bond donors (Lipinski definition) is 1. The lowest BCUT2D eigenvalue weighted by Crippen LogP contribution is -2.41. The number of nitriles is 1. The van der Waals surface area contributed by atoms with Gasteiger partial charge in [0.25, 0.3) is 0 Å². The molecule has 24 heavy (non-hydrogen) atoms. The molecule has 1 heterocycles. The molecule has 2 aromatic carbocycles. The van der Waals surface area contributed by atoms with E-state index in [-0.39, 0.29) is 12.4 Å². The Kier molecular flexibility index (Phi) is 7.13. The molecule has 2 aromatic rings. The fourth-order valence-electron chi connectivity index (χ4n) is 2.32. The number of amidine groups is 1. The van der Waals surface area contributed by atoms with Crippen LogP contribution in [0.25, 0.3) is 0 Å². The molecule has 0 saturated carbocycles. The lowest BCUT2D eigenvalue weighted by atomic mass is 10.2. The van der Waals surface area contributed by atoms with Gasteiger partial charge in [0, 0.05) is 12.3 Å². The van der Waals surface area contributed by atoms with Crippen LogP contribution >= 0.6 is 24.2 Å². The molecule has 0 amide bonds. The van der Waals surface area contributed by atoms with Gasteiger partial charge in [0.15, 0.2) is 5.17 Å². The Balaban J connectivity index is 0.00000208. The highest BCUT2D eigenvalue weighted by atomic mass is 35.5. The van der Waals surface area contributed by atoms with E-state index < -0.39 is 0 Å². The minimum atomic E-state index is 0. The third-order valence-electron chi connectivity index (χ3n) is 3.58. The summed E-state index contributed by atoms with van der Waals surface area (Å²) in [6, 6.07) is 20.3. The topological polar surface area (TPSA) is 51.4 Å². The normalized spacial score (nSPS) is 14.0. The van der Waals surface area contributed by atoms with E-state index in [0.29, 0.717) is 5.56 Å². The van der Waals surface area contributed by atoms with Crippen LogP contribution in [0, 0.1) is 11.3 Å². The molecule has 3 rings (SSSR count). The number of aliphatic imine (C=N–C) groups is 1. The first-order valence-corrected chi connectivity index (χ1v) is 8.48. The molecule has 0 aromatic heterocycles. The van der Waals surface area contributed by atoms with Crippen molar-refractivity contribution in [3.8, 4) is 6.07 Å². The first-order chi connectivity index (χ1) is 11.3. The van der Waals surface area contributed by atoms with E-state index in [9.17, 15) is 0 Å². The molecule has 0 aliphatic carbocycles. The Labute approximate surface area is 153 Å². The smallest absolute Gasteiger partial charge is 0.159 e. The van der Waals surface area contributed by atoms with E-state index in [2.05, 4.69) is 45.5 Å².